The molecule has 1 amide bonds. The molecule has 3 aromatic rings. The Bertz CT molecular complexity index is 1430. The number of alkyl halides is 3. The first kappa shape index (κ1) is 23.9. The number of hydrogen-bond acceptors (Lipinski definition) is 4. The molecule has 0 aliphatic carbocycles. The van der Waals surface area contributed by atoms with Crippen LogP contribution in [0, 0.1) is 13.8 Å². The van der Waals surface area contributed by atoms with E-state index in [1.807, 2.05) is 32.0 Å². The minimum absolute atomic E-state index is 0.161. The summed E-state index contributed by atoms with van der Waals surface area (Å²) in [6.45, 7) is 4.04. The summed E-state index contributed by atoms with van der Waals surface area (Å²) in [4.78, 5) is 16.5. The van der Waals surface area contributed by atoms with E-state index in [1.165, 1.54) is 11.0 Å². The van der Waals surface area contributed by atoms with E-state index in [2.05, 4.69) is 0 Å². The van der Waals surface area contributed by atoms with Gasteiger partial charge >= 0.3 is 6.18 Å². The first-order chi connectivity index (χ1) is 17.0. The summed E-state index contributed by atoms with van der Waals surface area (Å²) >= 11 is 5.54. The third-order valence-electron chi connectivity index (χ3n) is 6.32. The molecule has 2 aromatic carbocycles. The molecule has 0 atom stereocenters. The highest BCUT2D eigenvalue weighted by molar-refractivity contribution is 7.80. The Morgan fingerprint density at radius 3 is 2.56 bits per heavy atom. The van der Waals surface area contributed by atoms with Gasteiger partial charge in [-0.2, -0.15) is 13.2 Å². The minimum atomic E-state index is -4.44. The van der Waals surface area contributed by atoms with E-state index in [1.54, 1.807) is 34.7 Å². The van der Waals surface area contributed by atoms with Crippen molar-refractivity contribution >= 4 is 29.3 Å². The molecule has 0 radical (unpaired) electrons. The maximum absolute atomic E-state index is 13.3. The highest BCUT2D eigenvalue weighted by atomic mass is 32.1. The van der Waals surface area contributed by atoms with E-state index < -0.39 is 11.7 Å². The maximum atomic E-state index is 13.3. The van der Waals surface area contributed by atoms with Crippen molar-refractivity contribution in [1.82, 2.24) is 14.4 Å². The number of nitrogens with zero attached hydrogens (tertiary/aromatic N) is 3. The normalized spacial score (nSPS) is 16.6. The number of amides is 1. The van der Waals surface area contributed by atoms with Crippen LogP contribution < -0.4 is 9.47 Å². The van der Waals surface area contributed by atoms with Crippen LogP contribution in [-0.2, 0) is 17.5 Å². The van der Waals surface area contributed by atoms with Gasteiger partial charge in [-0.1, -0.05) is 12.1 Å². The van der Waals surface area contributed by atoms with Gasteiger partial charge in [0, 0.05) is 24.1 Å². The molecule has 0 N–H and O–H groups in total. The summed E-state index contributed by atoms with van der Waals surface area (Å²) in [6, 6.07) is 12.5. The molecule has 3 heterocycles. The van der Waals surface area contributed by atoms with Crippen LogP contribution in [0.15, 0.2) is 54.2 Å². The zero-order valence-corrected chi connectivity index (χ0v) is 20.5. The summed E-state index contributed by atoms with van der Waals surface area (Å²) in [7, 11) is 1.72. The standard InChI is InChI=1S/C26H22F3N3O3S/c1-15-9-18(16(2)32(15)20-6-4-5-19(12-20)26(27,28)29)11-21-24(33)31(25(36)30(21)3)13-17-7-8-22-23(10-17)35-14-34-22/h4-12H,13-14H2,1-3H3/b21-11+. The van der Waals surface area contributed by atoms with Crippen LogP contribution >= 0.6 is 12.2 Å². The van der Waals surface area contributed by atoms with E-state index in [4.69, 9.17) is 21.7 Å². The first-order valence-corrected chi connectivity index (χ1v) is 11.5. The topological polar surface area (TPSA) is 46.9 Å². The van der Waals surface area contributed by atoms with Gasteiger partial charge in [-0.25, -0.2) is 0 Å². The number of aromatic nitrogens is 1. The number of ether oxygens (including phenoxy) is 2. The number of benzene rings is 2. The monoisotopic (exact) mass is 513 g/mol. The predicted octanol–water partition coefficient (Wildman–Crippen LogP) is 5.44. The second-order valence-corrected chi connectivity index (χ2v) is 9.03. The number of rotatable bonds is 4. The molecule has 5 rings (SSSR count). The van der Waals surface area contributed by atoms with Crippen molar-refractivity contribution in [1.29, 1.82) is 0 Å². The molecule has 0 bridgehead atoms. The second kappa shape index (κ2) is 8.70. The molecule has 0 spiro atoms. The highest BCUT2D eigenvalue weighted by Crippen LogP contribution is 2.35. The summed E-state index contributed by atoms with van der Waals surface area (Å²) in [5.41, 5.74) is 3.07. The quantitative estimate of drug-likeness (QED) is 0.344. The Morgan fingerprint density at radius 2 is 1.81 bits per heavy atom. The summed E-state index contributed by atoms with van der Waals surface area (Å²) in [6.07, 6.45) is -2.72. The van der Waals surface area contributed by atoms with Gasteiger partial charge in [0.2, 0.25) is 6.79 Å². The van der Waals surface area contributed by atoms with Gasteiger partial charge in [-0.05, 0) is 79.7 Å². The average Bonchev–Trinajstić information content (AvgIpc) is 3.47. The second-order valence-electron chi connectivity index (χ2n) is 8.66. The van der Waals surface area contributed by atoms with Crippen molar-refractivity contribution in [2.24, 2.45) is 0 Å². The van der Waals surface area contributed by atoms with Crippen molar-refractivity contribution in [3.63, 3.8) is 0 Å². The third kappa shape index (κ3) is 4.11. The summed E-state index contributed by atoms with van der Waals surface area (Å²) in [5, 5.41) is 0.357. The zero-order chi connectivity index (χ0) is 25.8. The largest absolute Gasteiger partial charge is 0.454 e. The Balaban J connectivity index is 1.45. The van der Waals surface area contributed by atoms with E-state index in [9.17, 15) is 18.0 Å². The fourth-order valence-electron chi connectivity index (χ4n) is 4.47. The number of halogens is 3. The first-order valence-electron chi connectivity index (χ1n) is 11.1. The van der Waals surface area contributed by atoms with E-state index in [-0.39, 0.29) is 19.2 Å². The molecule has 0 unspecified atom stereocenters. The number of thiocarbonyl (C=S) groups is 1. The van der Waals surface area contributed by atoms with Crippen molar-refractivity contribution in [3.05, 3.63) is 82.3 Å². The minimum Gasteiger partial charge on any atom is -0.454 e. The van der Waals surface area contributed by atoms with Gasteiger partial charge in [-0.15, -0.1) is 0 Å². The van der Waals surface area contributed by atoms with E-state index >= 15 is 0 Å². The van der Waals surface area contributed by atoms with Crippen molar-refractivity contribution in [3.8, 4) is 17.2 Å². The van der Waals surface area contributed by atoms with Gasteiger partial charge in [0.25, 0.3) is 5.91 Å². The van der Waals surface area contributed by atoms with Crippen molar-refractivity contribution in [2.75, 3.05) is 13.8 Å². The van der Waals surface area contributed by atoms with Gasteiger partial charge in [0.1, 0.15) is 5.70 Å². The van der Waals surface area contributed by atoms with Crippen molar-refractivity contribution in [2.45, 2.75) is 26.6 Å². The molecule has 186 valence electrons. The Morgan fingerprint density at radius 1 is 1.06 bits per heavy atom. The van der Waals surface area contributed by atoms with Gasteiger partial charge in [0.15, 0.2) is 16.6 Å². The maximum Gasteiger partial charge on any atom is 0.416 e. The highest BCUT2D eigenvalue weighted by Gasteiger charge is 2.36. The van der Waals surface area contributed by atoms with Gasteiger partial charge < -0.3 is 18.9 Å². The molecule has 0 saturated carbocycles. The molecule has 1 aromatic heterocycles. The van der Waals surface area contributed by atoms with Crippen LogP contribution in [0.25, 0.3) is 11.8 Å². The van der Waals surface area contributed by atoms with E-state index in [0.717, 1.165) is 23.4 Å². The number of carbonyl (C=O) groups is 1. The lowest BCUT2D eigenvalue weighted by molar-refractivity contribution is -0.137. The molecule has 2 aliphatic rings. The molecular weight excluding hydrogens is 491 g/mol. The predicted molar refractivity (Wildman–Crippen MR) is 132 cm³/mol. The zero-order valence-electron chi connectivity index (χ0n) is 19.7. The lowest BCUT2D eigenvalue weighted by Gasteiger charge is -2.16. The Labute approximate surface area is 211 Å². The molecule has 1 saturated heterocycles. The van der Waals surface area contributed by atoms with Gasteiger partial charge in [-0.3, -0.25) is 9.69 Å². The lowest BCUT2D eigenvalue weighted by atomic mass is 10.1. The van der Waals surface area contributed by atoms with Crippen molar-refractivity contribution < 1.29 is 27.4 Å². The number of hydrogen-bond donors (Lipinski definition) is 0. The molecular formula is C26H22F3N3O3S. The number of fused-ring (bicyclic) bond motifs is 1. The average molecular weight is 514 g/mol. The molecule has 10 heteroatoms. The summed E-state index contributed by atoms with van der Waals surface area (Å²) < 4.78 is 52.3. The summed E-state index contributed by atoms with van der Waals surface area (Å²) in [5.74, 6) is 1.02. The fraction of sp³-hybridized carbons (Fsp3) is 0.231. The van der Waals surface area contributed by atoms with Crippen LogP contribution in [0.3, 0.4) is 0 Å². The van der Waals surface area contributed by atoms with Crippen LogP contribution in [0.1, 0.15) is 28.1 Å². The molecule has 6 nitrogen and oxygen atoms in total. The molecule has 36 heavy (non-hydrogen) atoms. The number of likely N-dealkylation sites (N-methyl/N-ethyl adjacent to an activating group) is 1. The van der Waals surface area contributed by atoms with Crippen LogP contribution in [0.4, 0.5) is 13.2 Å². The Kier molecular flexibility index (Phi) is 5.78. The smallest absolute Gasteiger partial charge is 0.416 e. The van der Waals surface area contributed by atoms with Crippen LogP contribution in [0.5, 0.6) is 11.5 Å². The number of carbonyl (C=O) groups excluding carboxylic acids is 1. The van der Waals surface area contributed by atoms with Crippen LogP contribution in [-0.4, -0.2) is 39.2 Å². The van der Waals surface area contributed by atoms with Crippen LogP contribution in [0.2, 0.25) is 0 Å². The SMILES string of the molecule is Cc1cc(/C=C2\C(=O)N(Cc3ccc4c(c3)OCO4)C(=S)N2C)c(C)n1-c1cccc(C(F)(F)F)c1. The van der Waals surface area contributed by atoms with Gasteiger partial charge in [0.05, 0.1) is 12.1 Å². The lowest BCUT2D eigenvalue weighted by Crippen LogP contribution is -2.30. The van der Waals surface area contributed by atoms with E-state index in [0.29, 0.717) is 39.3 Å². The fourth-order valence-corrected chi connectivity index (χ4v) is 4.72. The molecule has 1 fully saturated rings. The Hall–Kier alpha value is -3.79. The number of aryl methyl sites for hydroxylation is 1. The molecule has 2 aliphatic heterocycles. The third-order valence-corrected chi connectivity index (χ3v) is 6.81.